The molecule has 6 nitrogen and oxygen atoms in total. The standard InChI is InChI=1S/C17H20F3NO5/c1-3-26-16(25)10(2)7-13(15(23)24)21-14(22)9-11-5-4-6-12(8-11)17(18,19)20/h4-6,8,10,13H,3,7,9H2,1-2H3,(H,21,22)(H,23,24)/t10-,13-/m0/s1. The highest BCUT2D eigenvalue weighted by Gasteiger charge is 2.31. The molecule has 0 heterocycles. The number of hydrogen-bond donors (Lipinski definition) is 2. The highest BCUT2D eigenvalue weighted by molar-refractivity contribution is 5.85. The van der Waals surface area contributed by atoms with Gasteiger partial charge in [-0.05, 0) is 25.0 Å². The molecule has 0 aromatic heterocycles. The largest absolute Gasteiger partial charge is 0.480 e. The summed E-state index contributed by atoms with van der Waals surface area (Å²) >= 11 is 0. The number of amides is 1. The lowest BCUT2D eigenvalue weighted by Crippen LogP contribution is -2.43. The minimum atomic E-state index is -4.54. The van der Waals surface area contributed by atoms with Gasteiger partial charge in [-0.2, -0.15) is 13.2 Å². The van der Waals surface area contributed by atoms with E-state index in [2.05, 4.69) is 5.32 Å². The lowest BCUT2D eigenvalue weighted by Gasteiger charge is -2.18. The predicted octanol–water partition coefficient (Wildman–Crippen LogP) is 2.41. The molecule has 26 heavy (non-hydrogen) atoms. The summed E-state index contributed by atoms with van der Waals surface area (Å²) in [6.45, 7) is 3.21. The number of carboxylic acids is 1. The van der Waals surface area contributed by atoms with Crippen LogP contribution in [0.3, 0.4) is 0 Å². The molecule has 2 N–H and O–H groups in total. The Balaban J connectivity index is 2.74. The minimum absolute atomic E-state index is 0.0971. The molecule has 1 aromatic carbocycles. The van der Waals surface area contributed by atoms with Crippen LogP contribution in [-0.2, 0) is 31.7 Å². The zero-order chi connectivity index (χ0) is 19.9. The van der Waals surface area contributed by atoms with E-state index in [1.54, 1.807) is 6.92 Å². The Labute approximate surface area is 148 Å². The summed E-state index contributed by atoms with van der Waals surface area (Å²) in [7, 11) is 0. The highest BCUT2D eigenvalue weighted by atomic mass is 19.4. The molecule has 0 aliphatic carbocycles. The van der Waals surface area contributed by atoms with Gasteiger partial charge in [-0.3, -0.25) is 9.59 Å². The molecule has 0 saturated carbocycles. The second-order valence-corrected chi connectivity index (χ2v) is 5.72. The third kappa shape index (κ3) is 6.73. The molecule has 1 rings (SSSR count). The molecule has 0 aliphatic heterocycles. The molecule has 9 heteroatoms. The van der Waals surface area contributed by atoms with E-state index in [1.165, 1.54) is 19.1 Å². The number of ether oxygens (including phenoxy) is 1. The van der Waals surface area contributed by atoms with Crippen molar-refractivity contribution in [2.75, 3.05) is 6.61 Å². The van der Waals surface area contributed by atoms with Crippen LogP contribution >= 0.6 is 0 Å². The van der Waals surface area contributed by atoms with Crippen LogP contribution in [0.5, 0.6) is 0 Å². The van der Waals surface area contributed by atoms with Crippen LogP contribution in [-0.4, -0.2) is 35.6 Å². The summed E-state index contributed by atoms with van der Waals surface area (Å²) in [5.41, 5.74) is -0.798. The van der Waals surface area contributed by atoms with Gasteiger partial charge in [0.2, 0.25) is 5.91 Å². The van der Waals surface area contributed by atoms with Gasteiger partial charge >= 0.3 is 18.1 Å². The quantitative estimate of drug-likeness (QED) is 0.681. The SMILES string of the molecule is CCOC(=O)[C@@H](C)C[C@H](NC(=O)Cc1cccc(C(F)(F)F)c1)C(=O)O. The maximum atomic E-state index is 12.7. The van der Waals surface area contributed by atoms with Crippen molar-refractivity contribution in [2.24, 2.45) is 5.92 Å². The van der Waals surface area contributed by atoms with E-state index >= 15 is 0 Å². The molecule has 0 fully saturated rings. The average Bonchev–Trinajstić information content (AvgIpc) is 2.53. The van der Waals surface area contributed by atoms with Crippen LogP contribution in [0.25, 0.3) is 0 Å². The maximum Gasteiger partial charge on any atom is 0.416 e. The third-order valence-corrected chi connectivity index (χ3v) is 3.53. The van der Waals surface area contributed by atoms with Gasteiger partial charge in [0.05, 0.1) is 24.5 Å². The lowest BCUT2D eigenvalue weighted by atomic mass is 10.0. The van der Waals surface area contributed by atoms with E-state index in [9.17, 15) is 32.7 Å². The molecule has 1 aromatic rings. The van der Waals surface area contributed by atoms with Crippen molar-refractivity contribution in [1.29, 1.82) is 0 Å². The smallest absolute Gasteiger partial charge is 0.416 e. The van der Waals surface area contributed by atoms with Crippen LogP contribution in [0.15, 0.2) is 24.3 Å². The minimum Gasteiger partial charge on any atom is -0.480 e. The number of benzene rings is 1. The summed E-state index contributed by atoms with van der Waals surface area (Å²) in [5, 5.41) is 11.4. The first-order chi connectivity index (χ1) is 12.0. The lowest BCUT2D eigenvalue weighted by molar-refractivity contribution is -0.149. The van der Waals surface area contributed by atoms with Crippen LogP contribution in [0.2, 0.25) is 0 Å². The number of aliphatic carboxylic acids is 1. The van der Waals surface area contributed by atoms with Crippen molar-refractivity contribution in [2.45, 2.75) is 38.9 Å². The number of carboxylic acid groups (broad SMARTS) is 1. The van der Waals surface area contributed by atoms with Crippen LogP contribution in [0, 0.1) is 5.92 Å². The fourth-order valence-electron chi connectivity index (χ4n) is 2.24. The zero-order valence-corrected chi connectivity index (χ0v) is 14.3. The average molecular weight is 375 g/mol. The first kappa shape index (κ1) is 21.5. The van der Waals surface area contributed by atoms with Gasteiger partial charge in [0, 0.05) is 0 Å². The molecule has 1 amide bonds. The second kappa shape index (κ2) is 9.21. The fourth-order valence-corrected chi connectivity index (χ4v) is 2.24. The van der Waals surface area contributed by atoms with E-state index in [1.807, 2.05) is 0 Å². The van der Waals surface area contributed by atoms with E-state index in [4.69, 9.17) is 4.74 Å². The Morgan fingerprint density at radius 3 is 2.46 bits per heavy atom. The van der Waals surface area contributed by atoms with Crippen molar-refractivity contribution >= 4 is 17.8 Å². The maximum absolute atomic E-state index is 12.7. The topological polar surface area (TPSA) is 92.7 Å². The van der Waals surface area contributed by atoms with Crippen molar-refractivity contribution in [3.05, 3.63) is 35.4 Å². The highest BCUT2D eigenvalue weighted by Crippen LogP contribution is 2.29. The third-order valence-electron chi connectivity index (χ3n) is 3.53. The molecule has 144 valence electrons. The Hall–Kier alpha value is -2.58. The van der Waals surface area contributed by atoms with Crippen molar-refractivity contribution in [3.63, 3.8) is 0 Å². The zero-order valence-electron chi connectivity index (χ0n) is 14.3. The molecular formula is C17H20F3NO5. The first-order valence-electron chi connectivity index (χ1n) is 7.89. The van der Waals surface area contributed by atoms with Gasteiger partial charge in [-0.15, -0.1) is 0 Å². The monoisotopic (exact) mass is 375 g/mol. The van der Waals surface area contributed by atoms with Crippen LogP contribution in [0.1, 0.15) is 31.4 Å². The van der Waals surface area contributed by atoms with Crippen molar-refractivity contribution in [3.8, 4) is 0 Å². The van der Waals surface area contributed by atoms with E-state index in [-0.39, 0.29) is 18.6 Å². The van der Waals surface area contributed by atoms with E-state index in [0.717, 1.165) is 12.1 Å². The van der Waals surface area contributed by atoms with Gasteiger partial charge in [-0.25, -0.2) is 4.79 Å². The molecule has 0 saturated heterocycles. The first-order valence-corrected chi connectivity index (χ1v) is 7.89. The summed E-state index contributed by atoms with van der Waals surface area (Å²) in [4.78, 5) is 34.8. The number of carbonyl (C=O) groups is 3. The molecule has 0 aliphatic rings. The summed E-state index contributed by atoms with van der Waals surface area (Å²) in [5.74, 6) is -3.46. The Bertz CT molecular complexity index is 660. The molecule has 0 radical (unpaired) electrons. The number of hydrogen-bond acceptors (Lipinski definition) is 4. The molecule has 0 spiro atoms. The van der Waals surface area contributed by atoms with Gasteiger partial charge in [-0.1, -0.05) is 25.1 Å². The molecule has 0 unspecified atom stereocenters. The van der Waals surface area contributed by atoms with Crippen molar-refractivity contribution < 1.29 is 37.4 Å². The van der Waals surface area contributed by atoms with E-state index < -0.39 is 48.0 Å². The molecule has 0 bridgehead atoms. The summed E-state index contributed by atoms with van der Waals surface area (Å²) in [6.07, 6.45) is -5.14. The number of esters is 1. The number of nitrogens with one attached hydrogen (secondary N) is 1. The normalized spacial score (nSPS) is 13.6. The fraction of sp³-hybridized carbons (Fsp3) is 0.471. The van der Waals surface area contributed by atoms with Crippen LogP contribution < -0.4 is 5.32 Å². The number of carbonyl (C=O) groups excluding carboxylic acids is 2. The van der Waals surface area contributed by atoms with Gasteiger partial charge < -0.3 is 15.2 Å². The van der Waals surface area contributed by atoms with Crippen LogP contribution in [0.4, 0.5) is 13.2 Å². The number of halogens is 3. The van der Waals surface area contributed by atoms with Gasteiger partial charge in [0.15, 0.2) is 0 Å². The molecule has 2 atom stereocenters. The predicted molar refractivity (Wildman–Crippen MR) is 85.1 cm³/mol. The van der Waals surface area contributed by atoms with Gasteiger partial charge in [0.25, 0.3) is 0 Å². The Kier molecular flexibility index (Phi) is 7.60. The Morgan fingerprint density at radius 2 is 1.92 bits per heavy atom. The number of alkyl halides is 3. The van der Waals surface area contributed by atoms with Gasteiger partial charge in [0.1, 0.15) is 6.04 Å². The second-order valence-electron chi connectivity index (χ2n) is 5.72. The summed E-state index contributed by atoms with van der Waals surface area (Å²) in [6, 6.07) is 2.86. The summed E-state index contributed by atoms with van der Waals surface area (Å²) < 4.78 is 42.8. The molecular weight excluding hydrogens is 355 g/mol. The number of rotatable bonds is 8. The van der Waals surface area contributed by atoms with E-state index in [0.29, 0.717) is 0 Å². The Morgan fingerprint density at radius 1 is 1.27 bits per heavy atom. The van der Waals surface area contributed by atoms with Crippen molar-refractivity contribution in [1.82, 2.24) is 5.32 Å².